The van der Waals surface area contributed by atoms with Crippen molar-refractivity contribution in [2.75, 3.05) is 51.8 Å². The number of nitrogens with zero attached hydrogens (tertiary/aromatic N) is 5. The van der Waals surface area contributed by atoms with Gasteiger partial charge in [-0.2, -0.15) is 23.1 Å². The van der Waals surface area contributed by atoms with E-state index >= 15 is 4.39 Å². The van der Waals surface area contributed by atoms with Crippen LogP contribution >= 0.6 is 0 Å². The molecule has 2 aromatic heterocycles. The first-order valence-corrected chi connectivity index (χ1v) is 13.7. The van der Waals surface area contributed by atoms with Crippen LogP contribution in [0, 0.1) is 5.82 Å². The van der Waals surface area contributed by atoms with Gasteiger partial charge in [0.25, 0.3) is 0 Å². The number of pyridine rings is 1. The fourth-order valence-electron chi connectivity index (χ4n) is 6.48. The van der Waals surface area contributed by atoms with E-state index in [0.717, 1.165) is 44.5 Å². The minimum atomic E-state index is -4.74. The van der Waals surface area contributed by atoms with Crippen molar-refractivity contribution in [1.82, 2.24) is 25.2 Å². The lowest BCUT2D eigenvalue weighted by Gasteiger charge is -2.31. The fourth-order valence-corrected chi connectivity index (χ4v) is 6.48. The molecule has 8 nitrogen and oxygen atoms in total. The number of benzene rings is 1. The van der Waals surface area contributed by atoms with E-state index in [1.165, 1.54) is 19.2 Å². The lowest BCUT2D eigenvalue weighted by Crippen LogP contribution is -2.43. The van der Waals surface area contributed by atoms with Crippen LogP contribution in [0.5, 0.6) is 11.9 Å². The number of aromatic nitrogens is 3. The van der Waals surface area contributed by atoms with E-state index in [1.807, 2.05) is 4.90 Å². The molecule has 220 valence electrons. The Morgan fingerprint density at radius 2 is 2.00 bits per heavy atom. The summed E-state index contributed by atoms with van der Waals surface area (Å²) in [7, 11) is 3.11. The van der Waals surface area contributed by atoms with Crippen molar-refractivity contribution in [3.8, 4) is 23.1 Å². The number of nitrogens with one attached hydrogen (secondary N) is 1. The Bertz CT molecular complexity index is 1450. The van der Waals surface area contributed by atoms with E-state index < -0.39 is 40.5 Å². The lowest BCUT2D eigenvalue weighted by molar-refractivity contribution is -0.137. The molecule has 3 aromatic rings. The van der Waals surface area contributed by atoms with Crippen LogP contribution in [0.25, 0.3) is 22.2 Å². The summed E-state index contributed by atoms with van der Waals surface area (Å²) >= 11 is 0. The van der Waals surface area contributed by atoms with E-state index in [2.05, 4.69) is 25.2 Å². The average molecular weight is 579 g/mol. The van der Waals surface area contributed by atoms with Crippen molar-refractivity contribution in [2.45, 2.75) is 49.6 Å². The van der Waals surface area contributed by atoms with Crippen LogP contribution in [0.3, 0.4) is 0 Å². The van der Waals surface area contributed by atoms with Gasteiger partial charge in [0.1, 0.15) is 35.2 Å². The minimum absolute atomic E-state index is 0.00499. The highest BCUT2D eigenvalue weighted by Gasteiger charge is 2.49. The van der Waals surface area contributed by atoms with Gasteiger partial charge < -0.3 is 19.7 Å². The van der Waals surface area contributed by atoms with Crippen molar-refractivity contribution in [3.05, 3.63) is 35.6 Å². The molecule has 0 amide bonds. The van der Waals surface area contributed by atoms with Crippen molar-refractivity contribution >= 4 is 16.7 Å². The van der Waals surface area contributed by atoms with E-state index in [9.17, 15) is 17.6 Å². The standard InChI is InChI=1S/C28H31F5N6O2/c1-38(17-8-10-34-13-17)24-20-23(36-26(37-24)41-15-27-9-5-11-39(27)14-16(29)12-27)21(30)22(35-25(20)40-2)18-6-3-4-7-19(18)28(31,32)33/h3-4,6-7,16-17,34H,5,8-15H2,1-2H3/t16-,17-,27+/m1/s1. The highest BCUT2D eigenvalue weighted by molar-refractivity contribution is 5.97. The summed E-state index contributed by atoms with van der Waals surface area (Å²) < 4.78 is 83.9. The Balaban J connectivity index is 1.50. The number of likely N-dealkylation sites (N-methyl/N-ethyl adjacent to an activating group) is 1. The number of anilines is 1. The van der Waals surface area contributed by atoms with E-state index in [1.54, 1.807) is 7.05 Å². The first-order chi connectivity index (χ1) is 19.6. The third kappa shape index (κ3) is 4.92. The zero-order valence-electron chi connectivity index (χ0n) is 22.8. The van der Waals surface area contributed by atoms with Gasteiger partial charge in [0, 0.05) is 38.2 Å². The van der Waals surface area contributed by atoms with Crippen LogP contribution in [0.15, 0.2) is 24.3 Å². The Labute approximate surface area is 233 Å². The summed E-state index contributed by atoms with van der Waals surface area (Å²) in [6.45, 7) is 2.66. The maximum absolute atomic E-state index is 16.3. The van der Waals surface area contributed by atoms with E-state index in [0.29, 0.717) is 19.5 Å². The number of alkyl halides is 4. The summed E-state index contributed by atoms with van der Waals surface area (Å²) in [6.07, 6.45) is -2.91. The second kappa shape index (κ2) is 10.5. The SMILES string of the molecule is COc1nc(-c2ccccc2C(F)(F)F)c(F)c2nc(OC[C@@]34CCCN3C[C@H](F)C4)nc(N(C)[C@@H]3CCNC3)c12. The van der Waals surface area contributed by atoms with Crippen molar-refractivity contribution in [2.24, 2.45) is 0 Å². The second-order valence-corrected chi connectivity index (χ2v) is 11.0. The zero-order valence-corrected chi connectivity index (χ0v) is 22.8. The number of methoxy groups -OCH3 is 1. The molecular formula is C28H31F5N6O2. The quantitative estimate of drug-likeness (QED) is 0.408. The number of ether oxygens (including phenoxy) is 2. The number of fused-ring (bicyclic) bond motifs is 2. The van der Waals surface area contributed by atoms with Gasteiger partial charge in [0.05, 0.1) is 18.2 Å². The molecule has 0 radical (unpaired) electrons. The van der Waals surface area contributed by atoms with Crippen LogP contribution < -0.4 is 19.7 Å². The van der Waals surface area contributed by atoms with Gasteiger partial charge in [-0.3, -0.25) is 4.90 Å². The first-order valence-electron chi connectivity index (χ1n) is 13.7. The molecule has 13 heteroatoms. The summed E-state index contributed by atoms with van der Waals surface area (Å²) in [5.41, 5.74) is -2.77. The van der Waals surface area contributed by atoms with Crippen LogP contribution in [0.4, 0.5) is 27.8 Å². The van der Waals surface area contributed by atoms with Crippen LogP contribution in [-0.2, 0) is 6.18 Å². The lowest BCUT2D eigenvalue weighted by atomic mass is 9.95. The Hall–Kier alpha value is -3.32. The average Bonchev–Trinajstić information content (AvgIpc) is 3.68. The maximum atomic E-state index is 16.3. The van der Waals surface area contributed by atoms with Gasteiger partial charge in [-0.1, -0.05) is 18.2 Å². The molecule has 6 rings (SSSR count). The molecule has 41 heavy (non-hydrogen) atoms. The molecule has 0 unspecified atom stereocenters. The molecule has 3 atom stereocenters. The molecule has 3 aliphatic rings. The van der Waals surface area contributed by atoms with Gasteiger partial charge in [-0.05, 0) is 38.4 Å². The minimum Gasteiger partial charge on any atom is -0.480 e. The number of rotatable bonds is 7. The predicted molar refractivity (Wildman–Crippen MR) is 143 cm³/mol. The summed E-state index contributed by atoms with van der Waals surface area (Å²) in [6, 6.07) is 4.52. The van der Waals surface area contributed by atoms with E-state index in [4.69, 9.17) is 9.47 Å². The Morgan fingerprint density at radius 1 is 1.20 bits per heavy atom. The highest BCUT2D eigenvalue weighted by Crippen LogP contribution is 2.43. The number of halogens is 5. The van der Waals surface area contributed by atoms with Crippen molar-refractivity contribution < 1.29 is 31.4 Å². The molecule has 0 spiro atoms. The molecule has 3 aliphatic heterocycles. The molecule has 3 saturated heterocycles. The fraction of sp³-hybridized carbons (Fsp3) is 0.536. The van der Waals surface area contributed by atoms with Crippen molar-refractivity contribution in [1.29, 1.82) is 0 Å². The van der Waals surface area contributed by atoms with Crippen LogP contribution in [0.2, 0.25) is 0 Å². The largest absolute Gasteiger partial charge is 0.480 e. The van der Waals surface area contributed by atoms with E-state index in [-0.39, 0.29) is 41.3 Å². The summed E-state index contributed by atoms with van der Waals surface area (Å²) in [4.78, 5) is 17.1. The number of hydrogen-bond donors (Lipinski definition) is 1. The third-order valence-corrected chi connectivity index (χ3v) is 8.54. The highest BCUT2D eigenvalue weighted by atomic mass is 19.4. The van der Waals surface area contributed by atoms with Gasteiger partial charge in [0.2, 0.25) is 5.88 Å². The Morgan fingerprint density at radius 3 is 2.73 bits per heavy atom. The zero-order chi connectivity index (χ0) is 28.9. The van der Waals surface area contributed by atoms with Gasteiger partial charge in [-0.25, -0.2) is 13.8 Å². The molecule has 3 fully saturated rings. The molecule has 1 aromatic carbocycles. The summed E-state index contributed by atoms with van der Waals surface area (Å²) in [5.74, 6) is -0.869. The summed E-state index contributed by atoms with van der Waals surface area (Å²) in [5, 5.41) is 3.41. The Kier molecular flexibility index (Phi) is 7.13. The number of hydrogen-bond acceptors (Lipinski definition) is 8. The molecule has 0 aliphatic carbocycles. The van der Waals surface area contributed by atoms with Gasteiger partial charge in [0.15, 0.2) is 5.82 Å². The molecule has 5 heterocycles. The molecular weight excluding hydrogens is 547 g/mol. The molecule has 1 N–H and O–H groups in total. The monoisotopic (exact) mass is 578 g/mol. The van der Waals surface area contributed by atoms with Crippen LogP contribution in [-0.4, -0.2) is 84.5 Å². The van der Waals surface area contributed by atoms with Gasteiger partial charge in [-0.15, -0.1) is 0 Å². The van der Waals surface area contributed by atoms with Crippen molar-refractivity contribution in [3.63, 3.8) is 0 Å². The maximum Gasteiger partial charge on any atom is 0.417 e. The normalized spacial score (nSPS) is 24.7. The second-order valence-electron chi connectivity index (χ2n) is 11.0. The third-order valence-electron chi connectivity index (χ3n) is 8.54. The topological polar surface area (TPSA) is 75.6 Å². The predicted octanol–water partition coefficient (Wildman–Crippen LogP) is 4.61. The first kappa shape index (κ1) is 27.8. The smallest absolute Gasteiger partial charge is 0.417 e. The van der Waals surface area contributed by atoms with Crippen LogP contribution in [0.1, 0.15) is 31.2 Å². The molecule has 0 bridgehead atoms. The molecule has 0 saturated carbocycles. The van der Waals surface area contributed by atoms with Gasteiger partial charge >= 0.3 is 12.2 Å².